The van der Waals surface area contributed by atoms with Crippen LogP contribution in [0.5, 0.6) is 5.75 Å². The summed E-state index contributed by atoms with van der Waals surface area (Å²) in [5.41, 5.74) is 2.42. The minimum Gasteiger partial charge on any atom is -0.496 e. The minimum atomic E-state index is -0.785. The number of carbonyl (C=O) groups excluding carboxylic acids is 1. The number of rotatable bonds is 5. The van der Waals surface area contributed by atoms with E-state index in [0.29, 0.717) is 37.6 Å². The molecule has 5 rings (SSSR count). The van der Waals surface area contributed by atoms with Gasteiger partial charge in [-0.1, -0.05) is 57.6 Å². The number of thiazole rings is 1. The summed E-state index contributed by atoms with van der Waals surface area (Å²) >= 11 is 4.69. The average Bonchev–Trinajstić information content (AvgIpc) is 3.18. The quantitative estimate of drug-likeness (QED) is 0.371. The van der Waals surface area contributed by atoms with Crippen molar-refractivity contribution in [3.05, 3.63) is 125 Å². The van der Waals surface area contributed by atoms with E-state index in [1.807, 2.05) is 36.4 Å². The molecule has 37 heavy (non-hydrogen) atoms. The zero-order valence-electron chi connectivity index (χ0n) is 19.9. The third-order valence-electron chi connectivity index (χ3n) is 5.96. The Labute approximate surface area is 224 Å². The Morgan fingerprint density at radius 1 is 1.14 bits per heavy atom. The lowest BCUT2D eigenvalue weighted by Crippen LogP contribution is -2.40. The second kappa shape index (κ2) is 10.3. The molecule has 1 atom stereocenters. The number of benzene rings is 3. The molecule has 0 radical (unpaired) electrons. The number of aromatic nitrogens is 1. The Hall–Kier alpha value is -3.82. The minimum absolute atomic E-state index is 0.308. The van der Waals surface area contributed by atoms with E-state index in [0.717, 1.165) is 10.0 Å². The molecule has 1 aromatic heterocycles. The van der Waals surface area contributed by atoms with Gasteiger partial charge >= 0.3 is 0 Å². The molecule has 1 N–H and O–H groups in total. The van der Waals surface area contributed by atoms with E-state index in [2.05, 4.69) is 26.2 Å². The van der Waals surface area contributed by atoms with Gasteiger partial charge in [0.15, 0.2) is 4.80 Å². The molecule has 0 aliphatic carbocycles. The number of anilines is 1. The first-order valence-corrected chi connectivity index (χ1v) is 12.9. The van der Waals surface area contributed by atoms with Crippen molar-refractivity contribution >= 4 is 44.9 Å². The average molecular weight is 578 g/mol. The number of halogens is 2. The number of allylic oxidation sites excluding steroid dienone is 1. The molecule has 3 aromatic carbocycles. The van der Waals surface area contributed by atoms with Crippen LogP contribution in [0.25, 0.3) is 6.08 Å². The molecule has 0 spiro atoms. The highest BCUT2D eigenvalue weighted by Gasteiger charge is 2.32. The molecule has 1 unspecified atom stereocenters. The van der Waals surface area contributed by atoms with Gasteiger partial charge in [0.2, 0.25) is 0 Å². The summed E-state index contributed by atoms with van der Waals surface area (Å²) in [6.07, 6.45) is 1.75. The second-order valence-corrected chi connectivity index (χ2v) is 10.3. The molecule has 9 heteroatoms. The van der Waals surface area contributed by atoms with E-state index in [-0.39, 0.29) is 11.5 Å². The highest BCUT2D eigenvalue weighted by atomic mass is 79.9. The SMILES string of the molecule is COc1ccc(Br)cc1/C=c1\sc2n(c1=O)C(c1ccc(F)cc1)C(C(=O)Nc1ccccc1)=C(C)N=2. The number of methoxy groups -OCH3 is 1. The zero-order valence-corrected chi connectivity index (χ0v) is 22.3. The molecule has 0 fully saturated rings. The Balaban J connectivity index is 1.69. The number of fused-ring (bicyclic) bond motifs is 1. The smallest absolute Gasteiger partial charge is 0.271 e. The van der Waals surface area contributed by atoms with Crippen LogP contribution >= 0.6 is 27.3 Å². The van der Waals surface area contributed by atoms with Gasteiger partial charge in [0, 0.05) is 15.7 Å². The van der Waals surface area contributed by atoms with Gasteiger partial charge in [-0.2, -0.15) is 0 Å². The summed E-state index contributed by atoms with van der Waals surface area (Å²) in [7, 11) is 1.57. The van der Waals surface area contributed by atoms with E-state index in [4.69, 9.17) is 4.74 Å². The maximum atomic E-state index is 13.8. The van der Waals surface area contributed by atoms with Gasteiger partial charge in [0.1, 0.15) is 11.6 Å². The van der Waals surface area contributed by atoms with Crippen LogP contribution in [0.2, 0.25) is 0 Å². The molecule has 186 valence electrons. The van der Waals surface area contributed by atoms with Crippen molar-refractivity contribution in [1.82, 2.24) is 4.57 Å². The van der Waals surface area contributed by atoms with Crippen LogP contribution < -0.4 is 24.9 Å². The number of amides is 1. The largest absolute Gasteiger partial charge is 0.496 e. The Morgan fingerprint density at radius 2 is 1.86 bits per heavy atom. The fourth-order valence-electron chi connectivity index (χ4n) is 4.25. The fraction of sp³-hybridized carbons (Fsp3) is 0.107. The third-order valence-corrected chi connectivity index (χ3v) is 7.44. The van der Waals surface area contributed by atoms with Gasteiger partial charge in [0.05, 0.1) is 29.0 Å². The summed E-state index contributed by atoms with van der Waals surface area (Å²) < 4.78 is 22.0. The molecule has 1 aliphatic rings. The molecular weight excluding hydrogens is 557 g/mol. The van der Waals surface area contributed by atoms with Crippen LogP contribution in [0.3, 0.4) is 0 Å². The van der Waals surface area contributed by atoms with Gasteiger partial charge in [-0.15, -0.1) is 0 Å². The molecule has 4 aromatic rings. The van der Waals surface area contributed by atoms with Crippen molar-refractivity contribution in [1.29, 1.82) is 0 Å². The standard InChI is InChI=1S/C28H21BrFN3O3S/c1-16-24(26(34)32-21-6-4-3-5-7-21)25(17-8-11-20(30)12-9-17)33-27(35)23(37-28(33)31-16)15-18-14-19(29)10-13-22(18)36-2/h3-15,25H,1-2H3,(H,32,34)/b23-15-. The molecule has 6 nitrogen and oxygen atoms in total. The Morgan fingerprint density at radius 3 is 2.57 bits per heavy atom. The van der Waals surface area contributed by atoms with E-state index >= 15 is 0 Å². The Kier molecular flexibility index (Phi) is 6.90. The first-order chi connectivity index (χ1) is 17.9. The fourth-order valence-corrected chi connectivity index (χ4v) is 5.67. The highest BCUT2D eigenvalue weighted by molar-refractivity contribution is 9.10. The summed E-state index contributed by atoms with van der Waals surface area (Å²) in [5, 5.41) is 2.90. The van der Waals surface area contributed by atoms with E-state index in [1.165, 1.54) is 28.0 Å². The van der Waals surface area contributed by atoms with Gasteiger partial charge < -0.3 is 10.1 Å². The first kappa shape index (κ1) is 24.9. The Bertz CT molecular complexity index is 1710. The van der Waals surface area contributed by atoms with E-state index in [9.17, 15) is 14.0 Å². The molecule has 1 amide bonds. The summed E-state index contributed by atoms with van der Waals surface area (Å²) in [4.78, 5) is 32.4. The maximum absolute atomic E-state index is 13.8. The second-order valence-electron chi connectivity index (χ2n) is 8.34. The summed E-state index contributed by atoms with van der Waals surface area (Å²) in [6.45, 7) is 1.74. The summed E-state index contributed by atoms with van der Waals surface area (Å²) in [5.74, 6) is -0.179. The number of carbonyl (C=O) groups is 1. The summed E-state index contributed by atoms with van der Waals surface area (Å²) in [6, 6.07) is 19.6. The van der Waals surface area contributed by atoms with Gasteiger partial charge in [-0.3, -0.25) is 14.2 Å². The third kappa shape index (κ3) is 4.92. The lowest BCUT2D eigenvalue weighted by Gasteiger charge is -2.25. The van der Waals surface area contributed by atoms with E-state index in [1.54, 1.807) is 44.4 Å². The highest BCUT2D eigenvalue weighted by Crippen LogP contribution is 2.31. The molecule has 1 aliphatic heterocycles. The topological polar surface area (TPSA) is 72.7 Å². The van der Waals surface area contributed by atoms with Crippen molar-refractivity contribution in [3.8, 4) is 5.75 Å². The van der Waals surface area contributed by atoms with Crippen molar-refractivity contribution in [2.45, 2.75) is 13.0 Å². The molecular formula is C28H21BrFN3O3S. The molecule has 0 saturated carbocycles. The van der Waals surface area contributed by atoms with Crippen molar-refractivity contribution in [2.24, 2.45) is 4.99 Å². The first-order valence-electron chi connectivity index (χ1n) is 11.3. The van der Waals surface area contributed by atoms with Gasteiger partial charge in [-0.05, 0) is 61.0 Å². The predicted molar refractivity (Wildman–Crippen MR) is 146 cm³/mol. The number of hydrogen-bond acceptors (Lipinski definition) is 5. The number of nitrogens with zero attached hydrogens (tertiary/aromatic N) is 2. The van der Waals surface area contributed by atoms with Crippen LogP contribution in [0.4, 0.5) is 10.1 Å². The maximum Gasteiger partial charge on any atom is 0.271 e. The van der Waals surface area contributed by atoms with E-state index < -0.39 is 11.9 Å². The number of nitrogens with one attached hydrogen (secondary N) is 1. The van der Waals surface area contributed by atoms with Crippen LogP contribution in [-0.4, -0.2) is 17.6 Å². The van der Waals surface area contributed by atoms with Crippen molar-refractivity contribution in [2.75, 3.05) is 12.4 Å². The van der Waals surface area contributed by atoms with Crippen molar-refractivity contribution in [3.63, 3.8) is 0 Å². The lowest BCUT2D eigenvalue weighted by atomic mass is 9.95. The lowest BCUT2D eigenvalue weighted by molar-refractivity contribution is -0.113. The van der Waals surface area contributed by atoms with Crippen LogP contribution in [0, 0.1) is 5.82 Å². The zero-order chi connectivity index (χ0) is 26.1. The molecule has 2 heterocycles. The van der Waals surface area contributed by atoms with Gasteiger partial charge in [-0.25, -0.2) is 9.38 Å². The molecule has 0 bridgehead atoms. The van der Waals surface area contributed by atoms with Crippen LogP contribution in [-0.2, 0) is 4.79 Å². The monoisotopic (exact) mass is 577 g/mol. The number of ether oxygens (including phenoxy) is 1. The number of para-hydroxylation sites is 1. The van der Waals surface area contributed by atoms with Crippen molar-refractivity contribution < 1.29 is 13.9 Å². The van der Waals surface area contributed by atoms with Crippen LogP contribution in [0.1, 0.15) is 24.1 Å². The normalized spacial score (nSPS) is 15.2. The van der Waals surface area contributed by atoms with Gasteiger partial charge in [0.25, 0.3) is 11.5 Å². The number of hydrogen-bond donors (Lipinski definition) is 1. The molecule has 0 saturated heterocycles. The van der Waals surface area contributed by atoms with Crippen LogP contribution in [0.15, 0.2) is 98.3 Å². The predicted octanol–water partition coefficient (Wildman–Crippen LogP) is 4.78.